The Labute approximate surface area is 52.5 Å². The minimum absolute atomic E-state index is 0.438. The van der Waals surface area contributed by atoms with Crippen LogP contribution < -0.4 is 0 Å². The van der Waals surface area contributed by atoms with E-state index in [4.69, 9.17) is 11.6 Å². The van der Waals surface area contributed by atoms with Crippen LogP contribution in [-0.2, 0) is 5.88 Å². The van der Waals surface area contributed by atoms with E-state index in [9.17, 15) is 0 Å². The predicted molar refractivity (Wildman–Crippen MR) is 31.6 cm³/mol. The van der Waals surface area contributed by atoms with E-state index in [0.717, 1.165) is 5.69 Å². The number of hydrogen-bond acceptors (Lipinski definition) is 2. The zero-order valence-corrected chi connectivity index (χ0v) is 4.97. The molecule has 1 rings (SSSR count). The van der Waals surface area contributed by atoms with Crippen LogP contribution in [0.25, 0.3) is 0 Å². The number of halogens is 1. The van der Waals surface area contributed by atoms with Crippen LogP contribution in [0.15, 0.2) is 18.3 Å². The maximum absolute atomic E-state index is 5.42. The first kappa shape index (κ1) is 5.51. The minimum atomic E-state index is 0.438. The zero-order chi connectivity index (χ0) is 5.82. The molecule has 0 bridgehead atoms. The highest BCUT2D eigenvalue weighted by Gasteiger charge is 1.84. The van der Waals surface area contributed by atoms with Gasteiger partial charge in [0, 0.05) is 6.20 Å². The summed E-state index contributed by atoms with van der Waals surface area (Å²) in [6.07, 6.45) is 1.62. The third-order valence-electron chi connectivity index (χ3n) is 0.764. The fourth-order valence-corrected chi connectivity index (χ4v) is 0.547. The molecule has 8 heavy (non-hydrogen) atoms. The Kier molecular flexibility index (Phi) is 1.80. The topological polar surface area (TPSA) is 25.8 Å². The van der Waals surface area contributed by atoms with Crippen LogP contribution in [0.4, 0.5) is 0 Å². The van der Waals surface area contributed by atoms with Crippen molar-refractivity contribution in [2.75, 3.05) is 0 Å². The van der Waals surface area contributed by atoms with Gasteiger partial charge in [-0.15, -0.1) is 11.6 Å². The SMILES string of the molecule is ClCc1cccnn1. The second-order valence-electron chi connectivity index (χ2n) is 1.35. The van der Waals surface area contributed by atoms with Crippen LogP contribution in [0, 0.1) is 0 Å². The minimum Gasteiger partial charge on any atom is -0.159 e. The van der Waals surface area contributed by atoms with Crippen molar-refractivity contribution in [1.29, 1.82) is 0 Å². The van der Waals surface area contributed by atoms with Gasteiger partial charge in [-0.1, -0.05) is 0 Å². The van der Waals surface area contributed by atoms with Gasteiger partial charge in [-0.05, 0) is 12.1 Å². The third kappa shape index (κ3) is 1.17. The van der Waals surface area contributed by atoms with E-state index in [1.165, 1.54) is 0 Å². The average Bonchev–Trinajstić information content (AvgIpc) is 1.90. The molecule has 0 radical (unpaired) electrons. The highest BCUT2D eigenvalue weighted by molar-refractivity contribution is 6.16. The molecule has 0 saturated carbocycles. The zero-order valence-electron chi connectivity index (χ0n) is 4.21. The highest BCUT2D eigenvalue weighted by Crippen LogP contribution is 1.93. The average molecular weight is 129 g/mol. The number of rotatable bonds is 1. The number of hydrogen-bond donors (Lipinski definition) is 0. The summed E-state index contributed by atoms with van der Waals surface area (Å²) >= 11 is 5.42. The monoisotopic (exact) mass is 128 g/mol. The standard InChI is InChI=1S/C5H5ClN2/c6-4-5-2-1-3-7-8-5/h1-3H,4H2. The molecule has 3 heteroatoms. The molecule has 2 nitrogen and oxygen atoms in total. The lowest BCUT2D eigenvalue weighted by Gasteiger charge is -1.85. The molecular formula is C5H5ClN2. The Morgan fingerprint density at radius 3 is 2.88 bits per heavy atom. The largest absolute Gasteiger partial charge is 0.159 e. The molecule has 0 aliphatic carbocycles. The second-order valence-corrected chi connectivity index (χ2v) is 1.62. The summed E-state index contributed by atoms with van der Waals surface area (Å²) in [5.74, 6) is 0.438. The first-order valence-corrected chi connectivity index (χ1v) is 2.79. The van der Waals surface area contributed by atoms with Crippen LogP contribution in [0.1, 0.15) is 5.69 Å². The van der Waals surface area contributed by atoms with Crippen molar-refractivity contribution in [2.45, 2.75) is 5.88 Å². The van der Waals surface area contributed by atoms with E-state index in [1.54, 1.807) is 6.20 Å². The predicted octanol–water partition coefficient (Wildman–Crippen LogP) is 1.22. The number of nitrogens with zero attached hydrogens (tertiary/aromatic N) is 2. The summed E-state index contributed by atoms with van der Waals surface area (Å²) in [5.41, 5.74) is 0.814. The van der Waals surface area contributed by atoms with Crippen molar-refractivity contribution >= 4 is 11.6 Å². The lowest BCUT2D eigenvalue weighted by molar-refractivity contribution is 0.969. The molecule has 0 amide bonds. The molecule has 0 N–H and O–H groups in total. The van der Waals surface area contributed by atoms with Gasteiger partial charge in [-0.25, -0.2) is 0 Å². The third-order valence-corrected chi connectivity index (χ3v) is 1.04. The normalized spacial score (nSPS) is 9.12. The van der Waals surface area contributed by atoms with E-state index in [1.807, 2.05) is 12.1 Å². The van der Waals surface area contributed by atoms with Gasteiger partial charge in [0.25, 0.3) is 0 Å². The lowest BCUT2D eigenvalue weighted by atomic mass is 10.4. The van der Waals surface area contributed by atoms with Crippen molar-refractivity contribution in [3.63, 3.8) is 0 Å². The van der Waals surface area contributed by atoms with E-state index in [2.05, 4.69) is 10.2 Å². The summed E-state index contributed by atoms with van der Waals surface area (Å²) in [6.45, 7) is 0. The van der Waals surface area contributed by atoms with Crippen LogP contribution in [0.5, 0.6) is 0 Å². The molecule has 0 aliphatic heterocycles. The van der Waals surface area contributed by atoms with Crippen molar-refractivity contribution in [3.8, 4) is 0 Å². The van der Waals surface area contributed by atoms with Crippen LogP contribution in [0.3, 0.4) is 0 Å². The summed E-state index contributed by atoms with van der Waals surface area (Å²) in [5, 5.41) is 7.34. The smallest absolute Gasteiger partial charge is 0.0778 e. The van der Waals surface area contributed by atoms with Crippen molar-refractivity contribution < 1.29 is 0 Å². The first-order chi connectivity index (χ1) is 3.93. The lowest BCUT2D eigenvalue weighted by Crippen LogP contribution is -1.84. The van der Waals surface area contributed by atoms with Crippen molar-refractivity contribution in [3.05, 3.63) is 24.0 Å². The van der Waals surface area contributed by atoms with E-state index < -0.39 is 0 Å². The molecule has 0 unspecified atom stereocenters. The van der Waals surface area contributed by atoms with Gasteiger partial charge in [-0.3, -0.25) is 0 Å². The molecule has 0 aromatic carbocycles. The molecule has 0 atom stereocenters. The molecule has 0 spiro atoms. The molecule has 0 saturated heterocycles. The van der Waals surface area contributed by atoms with Gasteiger partial charge in [0.15, 0.2) is 0 Å². The summed E-state index contributed by atoms with van der Waals surface area (Å²) in [4.78, 5) is 0. The van der Waals surface area contributed by atoms with Gasteiger partial charge in [-0.2, -0.15) is 10.2 Å². The van der Waals surface area contributed by atoms with Crippen LogP contribution in [0.2, 0.25) is 0 Å². The van der Waals surface area contributed by atoms with E-state index >= 15 is 0 Å². The molecule has 1 aromatic heterocycles. The molecular weight excluding hydrogens is 124 g/mol. The quantitative estimate of drug-likeness (QED) is 0.532. The fourth-order valence-electron chi connectivity index (χ4n) is 0.405. The molecule has 0 fully saturated rings. The fraction of sp³-hybridized carbons (Fsp3) is 0.200. The Morgan fingerprint density at radius 2 is 2.50 bits per heavy atom. The van der Waals surface area contributed by atoms with Crippen LogP contribution in [-0.4, -0.2) is 10.2 Å². The maximum atomic E-state index is 5.42. The summed E-state index contributed by atoms with van der Waals surface area (Å²) < 4.78 is 0. The van der Waals surface area contributed by atoms with Crippen molar-refractivity contribution in [1.82, 2.24) is 10.2 Å². The van der Waals surface area contributed by atoms with Gasteiger partial charge < -0.3 is 0 Å². The van der Waals surface area contributed by atoms with Gasteiger partial charge in [0.1, 0.15) is 0 Å². The van der Waals surface area contributed by atoms with Crippen molar-refractivity contribution in [2.24, 2.45) is 0 Å². The summed E-state index contributed by atoms with van der Waals surface area (Å²) in [7, 11) is 0. The Bertz CT molecular complexity index is 152. The Hall–Kier alpha value is -0.630. The highest BCUT2D eigenvalue weighted by atomic mass is 35.5. The molecule has 0 aliphatic rings. The Balaban J connectivity index is 2.83. The Morgan fingerprint density at radius 1 is 1.62 bits per heavy atom. The van der Waals surface area contributed by atoms with Gasteiger partial charge in [0.05, 0.1) is 11.6 Å². The van der Waals surface area contributed by atoms with Gasteiger partial charge >= 0.3 is 0 Å². The number of alkyl halides is 1. The number of aromatic nitrogens is 2. The second kappa shape index (κ2) is 2.62. The molecule has 42 valence electrons. The molecule has 1 aromatic rings. The maximum Gasteiger partial charge on any atom is 0.0778 e. The van der Waals surface area contributed by atoms with Crippen LogP contribution >= 0.6 is 11.6 Å². The summed E-state index contributed by atoms with van der Waals surface area (Å²) in [6, 6.07) is 3.64. The van der Waals surface area contributed by atoms with Gasteiger partial charge in [0.2, 0.25) is 0 Å². The first-order valence-electron chi connectivity index (χ1n) is 2.26. The van der Waals surface area contributed by atoms with E-state index in [-0.39, 0.29) is 0 Å². The van der Waals surface area contributed by atoms with E-state index in [0.29, 0.717) is 5.88 Å². The molecule has 1 heterocycles.